The number of hydrogen-bond donors (Lipinski definition) is 0. The minimum absolute atomic E-state index is 0.137. The molecular weight excluding hydrogens is 347 g/mol. The van der Waals surface area contributed by atoms with Crippen molar-refractivity contribution in [2.45, 2.75) is 6.29 Å². The highest BCUT2D eigenvalue weighted by Gasteiger charge is 2.35. The van der Waals surface area contributed by atoms with E-state index in [1.807, 2.05) is 0 Å². The fourth-order valence-electron chi connectivity index (χ4n) is 1.26. The molecule has 7 heteroatoms. The second-order valence-corrected chi connectivity index (χ2v) is 4.92. The molecule has 1 aromatic carbocycles. The van der Waals surface area contributed by atoms with Crippen molar-refractivity contribution < 1.29 is 19.1 Å². The molecule has 1 atom stereocenters. The SMILES string of the molecule is O=C1OC(OC(=O)c2ccccc2Br)C(Cl)=C1Cl. The zero-order valence-corrected chi connectivity index (χ0v) is 11.8. The third-order valence-corrected chi connectivity index (χ3v) is 3.63. The largest absolute Gasteiger partial charge is 0.416 e. The molecule has 0 saturated carbocycles. The maximum atomic E-state index is 11.8. The summed E-state index contributed by atoms with van der Waals surface area (Å²) < 4.78 is 10.2. The number of rotatable bonds is 2. The number of benzene rings is 1. The Hall–Kier alpha value is -1.04. The lowest BCUT2D eigenvalue weighted by atomic mass is 10.2. The first-order valence-electron chi connectivity index (χ1n) is 4.72. The molecule has 1 aromatic rings. The van der Waals surface area contributed by atoms with E-state index in [2.05, 4.69) is 20.7 Å². The molecule has 0 N–H and O–H groups in total. The highest BCUT2D eigenvalue weighted by Crippen LogP contribution is 2.30. The van der Waals surface area contributed by atoms with Gasteiger partial charge in [0.15, 0.2) is 0 Å². The number of hydrogen-bond acceptors (Lipinski definition) is 4. The van der Waals surface area contributed by atoms with Gasteiger partial charge in [-0.1, -0.05) is 35.3 Å². The van der Waals surface area contributed by atoms with Crippen LogP contribution in [0.1, 0.15) is 10.4 Å². The molecule has 94 valence electrons. The summed E-state index contributed by atoms with van der Waals surface area (Å²) in [7, 11) is 0. The van der Waals surface area contributed by atoms with Gasteiger partial charge in [0.1, 0.15) is 10.1 Å². The summed E-state index contributed by atoms with van der Waals surface area (Å²) in [6, 6.07) is 6.66. The lowest BCUT2D eigenvalue weighted by Crippen LogP contribution is -2.19. The molecule has 18 heavy (non-hydrogen) atoms. The van der Waals surface area contributed by atoms with Crippen molar-refractivity contribution in [1.29, 1.82) is 0 Å². The van der Waals surface area contributed by atoms with E-state index in [0.717, 1.165) is 0 Å². The standard InChI is InChI=1S/C11H5BrCl2O4/c12-6-4-2-1-3-5(6)9(15)17-11-8(14)7(13)10(16)18-11/h1-4,11H. The molecule has 0 saturated heterocycles. The van der Waals surface area contributed by atoms with Crippen LogP contribution in [0, 0.1) is 0 Å². The highest BCUT2D eigenvalue weighted by atomic mass is 79.9. The van der Waals surface area contributed by atoms with E-state index in [0.29, 0.717) is 10.0 Å². The highest BCUT2D eigenvalue weighted by molar-refractivity contribution is 9.10. The molecule has 2 rings (SSSR count). The number of carbonyl (C=O) groups is 2. The maximum Gasteiger partial charge on any atom is 0.354 e. The number of ether oxygens (including phenoxy) is 2. The van der Waals surface area contributed by atoms with E-state index >= 15 is 0 Å². The molecule has 0 aliphatic carbocycles. The van der Waals surface area contributed by atoms with Gasteiger partial charge in [0.25, 0.3) is 6.29 Å². The van der Waals surface area contributed by atoms with Gasteiger partial charge in [0.05, 0.1) is 5.56 Å². The predicted molar refractivity (Wildman–Crippen MR) is 68.2 cm³/mol. The van der Waals surface area contributed by atoms with Crippen molar-refractivity contribution in [3.05, 3.63) is 44.4 Å². The fraction of sp³-hybridized carbons (Fsp3) is 0.0909. The normalized spacial score (nSPS) is 18.8. The van der Waals surface area contributed by atoms with Gasteiger partial charge >= 0.3 is 11.9 Å². The van der Waals surface area contributed by atoms with Crippen molar-refractivity contribution in [3.63, 3.8) is 0 Å². The van der Waals surface area contributed by atoms with Crippen LogP contribution in [0.25, 0.3) is 0 Å². The molecule has 0 amide bonds. The lowest BCUT2D eigenvalue weighted by molar-refractivity contribution is -0.151. The van der Waals surface area contributed by atoms with Gasteiger partial charge in [-0.15, -0.1) is 0 Å². The molecule has 0 fully saturated rings. The van der Waals surface area contributed by atoms with Crippen LogP contribution in [-0.2, 0) is 14.3 Å². The van der Waals surface area contributed by atoms with Gasteiger partial charge in [0.2, 0.25) is 0 Å². The Morgan fingerprint density at radius 2 is 2.00 bits per heavy atom. The van der Waals surface area contributed by atoms with E-state index in [9.17, 15) is 9.59 Å². The van der Waals surface area contributed by atoms with Crippen molar-refractivity contribution in [2.24, 2.45) is 0 Å². The summed E-state index contributed by atoms with van der Waals surface area (Å²) in [4.78, 5) is 22.9. The van der Waals surface area contributed by atoms with Crippen molar-refractivity contribution in [3.8, 4) is 0 Å². The number of cyclic esters (lactones) is 1. The zero-order chi connectivity index (χ0) is 13.3. The van der Waals surface area contributed by atoms with Crippen LogP contribution in [0.2, 0.25) is 0 Å². The third-order valence-electron chi connectivity index (χ3n) is 2.12. The Bertz CT molecular complexity index is 556. The summed E-state index contributed by atoms with van der Waals surface area (Å²) in [5.41, 5.74) is 0.293. The van der Waals surface area contributed by atoms with Gasteiger partial charge in [-0.05, 0) is 28.1 Å². The van der Waals surface area contributed by atoms with E-state index in [-0.39, 0.29) is 10.1 Å². The lowest BCUT2D eigenvalue weighted by Gasteiger charge is -2.12. The van der Waals surface area contributed by atoms with E-state index in [1.165, 1.54) is 0 Å². The molecule has 1 aliphatic heterocycles. The summed E-state index contributed by atoms with van der Waals surface area (Å²) in [5, 5.41) is -0.413. The molecule has 0 aromatic heterocycles. The maximum absolute atomic E-state index is 11.8. The van der Waals surface area contributed by atoms with Gasteiger partial charge < -0.3 is 9.47 Å². The number of esters is 2. The first-order valence-corrected chi connectivity index (χ1v) is 6.27. The zero-order valence-electron chi connectivity index (χ0n) is 8.65. The first kappa shape index (κ1) is 13.4. The minimum atomic E-state index is -1.29. The first-order chi connectivity index (χ1) is 8.50. The van der Waals surface area contributed by atoms with Crippen LogP contribution in [0.3, 0.4) is 0 Å². The molecule has 1 heterocycles. The summed E-state index contributed by atoms with van der Waals surface area (Å²) >= 11 is 14.5. The van der Waals surface area contributed by atoms with Crippen LogP contribution in [0.15, 0.2) is 38.8 Å². The van der Waals surface area contributed by atoms with E-state index in [4.69, 9.17) is 27.9 Å². The van der Waals surface area contributed by atoms with E-state index < -0.39 is 18.2 Å². The molecule has 1 unspecified atom stereocenters. The summed E-state index contributed by atoms with van der Waals surface area (Å²) in [6.07, 6.45) is -1.29. The molecular formula is C11H5BrCl2O4. The van der Waals surface area contributed by atoms with Gasteiger partial charge in [-0.2, -0.15) is 0 Å². The Morgan fingerprint density at radius 1 is 1.33 bits per heavy atom. The monoisotopic (exact) mass is 350 g/mol. The van der Waals surface area contributed by atoms with Crippen LogP contribution in [0.5, 0.6) is 0 Å². The van der Waals surface area contributed by atoms with Crippen LogP contribution in [-0.4, -0.2) is 18.2 Å². The summed E-state index contributed by atoms with van der Waals surface area (Å²) in [5.74, 6) is -1.49. The third kappa shape index (κ3) is 2.53. The van der Waals surface area contributed by atoms with Crippen LogP contribution < -0.4 is 0 Å². The average Bonchev–Trinajstić information content (AvgIpc) is 2.57. The average molecular weight is 352 g/mol. The second-order valence-electron chi connectivity index (χ2n) is 3.28. The second kappa shape index (κ2) is 5.30. The fourth-order valence-corrected chi connectivity index (χ4v) is 2.01. The Morgan fingerprint density at radius 3 is 2.56 bits per heavy atom. The van der Waals surface area contributed by atoms with Crippen molar-refractivity contribution in [2.75, 3.05) is 0 Å². The van der Waals surface area contributed by atoms with Gasteiger partial charge in [-0.3, -0.25) is 0 Å². The minimum Gasteiger partial charge on any atom is -0.416 e. The Kier molecular flexibility index (Phi) is 3.94. The number of carbonyl (C=O) groups excluding carboxylic acids is 2. The predicted octanol–water partition coefficient (Wildman–Crippen LogP) is 3.18. The smallest absolute Gasteiger partial charge is 0.354 e. The van der Waals surface area contributed by atoms with Crippen LogP contribution in [0.4, 0.5) is 0 Å². The topological polar surface area (TPSA) is 52.6 Å². The van der Waals surface area contributed by atoms with Crippen molar-refractivity contribution in [1.82, 2.24) is 0 Å². The van der Waals surface area contributed by atoms with Crippen LogP contribution >= 0.6 is 39.1 Å². The Balaban J connectivity index is 2.15. The number of halogens is 3. The van der Waals surface area contributed by atoms with E-state index in [1.54, 1.807) is 24.3 Å². The van der Waals surface area contributed by atoms with Crippen molar-refractivity contribution >= 4 is 51.1 Å². The Labute approximate surface area is 121 Å². The quantitative estimate of drug-likeness (QED) is 0.768. The molecule has 0 spiro atoms. The molecule has 0 bridgehead atoms. The van der Waals surface area contributed by atoms with Gasteiger partial charge in [-0.25, -0.2) is 9.59 Å². The molecule has 4 nitrogen and oxygen atoms in total. The summed E-state index contributed by atoms with van der Waals surface area (Å²) in [6.45, 7) is 0. The van der Waals surface area contributed by atoms with Gasteiger partial charge in [0, 0.05) is 4.47 Å². The molecule has 1 aliphatic rings. The molecule has 0 radical (unpaired) electrons.